The molecule has 0 amide bonds. The van der Waals surface area contributed by atoms with Gasteiger partial charge in [-0.05, 0) is 31.5 Å². The Kier molecular flexibility index (Phi) is 4.88. The molecule has 0 bridgehead atoms. The summed E-state index contributed by atoms with van der Waals surface area (Å²) in [6, 6.07) is 5.33. The second kappa shape index (κ2) is 6.86. The summed E-state index contributed by atoms with van der Waals surface area (Å²) in [4.78, 5) is 1.20. The Bertz CT molecular complexity index is 604. The summed E-state index contributed by atoms with van der Waals surface area (Å²) in [6.07, 6.45) is 5.17. The van der Waals surface area contributed by atoms with E-state index in [9.17, 15) is 4.39 Å². The highest BCUT2D eigenvalue weighted by Crippen LogP contribution is 2.34. The van der Waals surface area contributed by atoms with Gasteiger partial charge in [-0.15, -0.1) is 11.3 Å². The van der Waals surface area contributed by atoms with E-state index >= 15 is 0 Å². The SMILES string of the molecule is CCNCc1sc2cccc(F)c2c1COC1CCCC1. The minimum absolute atomic E-state index is 0.128. The summed E-state index contributed by atoms with van der Waals surface area (Å²) in [5.41, 5.74) is 1.04. The number of benzene rings is 1. The van der Waals surface area contributed by atoms with Crippen molar-refractivity contribution in [3.8, 4) is 0 Å². The van der Waals surface area contributed by atoms with Crippen molar-refractivity contribution in [3.63, 3.8) is 0 Å². The van der Waals surface area contributed by atoms with Crippen LogP contribution >= 0.6 is 11.3 Å². The van der Waals surface area contributed by atoms with Crippen molar-refractivity contribution in [1.82, 2.24) is 5.32 Å². The Morgan fingerprint density at radius 2 is 2.14 bits per heavy atom. The molecule has 2 nitrogen and oxygen atoms in total. The number of thiophene rings is 1. The highest BCUT2D eigenvalue weighted by atomic mass is 32.1. The summed E-state index contributed by atoms with van der Waals surface area (Å²) in [5.74, 6) is -0.128. The number of ether oxygens (including phenoxy) is 1. The van der Waals surface area contributed by atoms with Gasteiger partial charge < -0.3 is 10.1 Å². The van der Waals surface area contributed by atoms with E-state index in [1.54, 1.807) is 23.5 Å². The van der Waals surface area contributed by atoms with Crippen molar-refractivity contribution in [2.24, 2.45) is 0 Å². The molecule has 0 unspecified atom stereocenters. The molecule has 1 aromatic heterocycles. The van der Waals surface area contributed by atoms with Gasteiger partial charge in [0.05, 0.1) is 12.7 Å². The fraction of sp³-hybridized carbons (Fsp3) is 0.529. The van der Waals surface area contributed by atoms with E-state index in [2.05, 4.69) is 12.2 Å². The van der Waals surface area contributed by atoms with Gasteiger partial charge in [-0.25, -0.2) is 4.39 Å². The lowest BCUT2D eigenvalue weighted by atomic mass is 10.1. The molecule has 114 valence electrons. The van der Waals surface area contributed by atoms with E-state index in [1.165, 1.54) is 17.7 Å². The summed E-state index contributed by atoms with van der Waals surface area (Å²) >= 11 is 1.68. The topological polar surface area (TPSA) is 21.3 Å². The van der Waals surface area contributed by atoms with Crippen LogP contribution in [0.15, 0.2) is 18.2 Å². The summed E-state index contributed by atoms with van der Waals surface area (Å²) in [7, 11) is 0. The molecule has 21 heavy (non-hydrogen) atoms. The highest BCUT2D eigenvalue weighted by molar-refractivity contribution is 7.19. The zero-order chi connectivity index (χ0) is 14.7. The van der Waals surface area contributed by atoms with Crippen molar-refractivity contribution < 1.29 is 9.13 Å². The van der Waals surface area contributed by atoms with E-state index in [0.717, 1.165) is 41.6 Å². The van der Waals surface area contributed by atoms with Gasteiger partial charge in [0.1, 0.15) is 5.82 Å². The molecule has 0 aliphatic heterocycles. The van der Waals surface area contributed by atoms with Crippen LogP contribution in [0.2, 0.25) is 0 Å². The van der Waals surface area contributed by atoms with Gasteiger partial charge in [0.25, 0.3) is 0 Å². The van der Waals surface area contributed by atoms with Crippen LogP contribution in [0.5, 0.6) is 0 Å². The Morgan fingerprint density at radius 3 is 2.90 bits per heavy atom. The molecule has 1 saturated carbocycles. The Morgan fingerprint density at radius 1 is 1.33 bits per heavy atom. The lowest BCUT2D eigenvalue weighted by Crippen LogP contribution is -2.13. The van der Waals surface area contributed by atoms with E-state index in [-0.39, 0.29) is 5.82 Å². The van der Waals surface area contributed by atoms with Crippen LogP contribution in [0.4, 0.5) is 4.39 Å². The number of halogens is 1. The molecule has 1 aliphatic rings. The molecule has 4 heteroatoms. The summed E-state index contributed by atoms with van der Waals surface area (Å²) in [6.45, 7) is 4.33. The van der Waals surface area contributed by atoms with Gasteiger partial charge >= 0.3 is 0 Å². The molecule has 0 spiro atoms. The average molecular weight is 307 g/mol. The first-order chi connectivity index (χ1) is 10.3. The zero-order valence-electron chi connectivity index (χ0n) is 12.5. The quantitative estimate of drug-likeness (QED) is 0.841. The van der Waals surface area contributed by atoms with E-state index in [0.29, 0.717) is 12.7 Å². The van der Waals surface area contributed by atoms with Gasteiger partial charge in [0.2, 0.25) is 0 Å². The Labute approximate surface area is 129 Å². The number of rotatable bonds is 6. The van der Waals surface area contributed by atoms with Crippen molar-refractivity contribution in [1.29, 1.82) is 0 Å². The molecule has 0 saturated heterocycles. The molecule has 2 aromatic rings. The summed E-state index contributed by atoms with van der Waals surface area (Å²) < 4.78 is 21.3. The van der Waals surface area contributed by atoms with Crippen LogP contribution in [0, 0.1) is 5.82 Å². The van der Waals surface area contributed by atoms with Crippen molar-refractivity contribution in [2.75, 3.05) is 6.54 Å². The first-order valence-corrected chi connectivity index (χ1v) is 8.62. The molecule has 0 radical (unpaired) electrons. The van der Waals surface area contributed by atoms with Gasteiger partial charge in [-0.3, -0.25) is 0 Å². The molecule has 1 N–H and O–H groups in total. The van der Waals surface area contributed by atoms with Gasteiger partial charge in [-0.1, -0.05) is 25.8 Å². The maximum Gasteiger partial charge on any atom is 0.132 e. The minimum atomic E-state index is -0.128. The fourth-order valence-electron chi connectivity index (χ4n) is 3.01. The molecule has 1 aliphatic carbocycles. The predicted octanol–water partition coefficient (Wildman–Crippen LogP) is 4.61. The lowest BCUT2D eigenvalue weighted by Gasteiger charge is -2.12. The highest BCUT2D eigenvalue weighted by Gasteiger charge is 2.19. The minimum Gasteiger partial charge on any atom is -0.373 e. The fourth-order valence-corrected chi connectivity index (χ4v) is 4.20. The van der Waals surface area contributed by atoms with Crippen LogP contribution in [-0.4, -0.2) is 12.6 Å². The van der Waals surface area contributed by atoms with E-state index in [4.69, 9.17) is 4.74 Å². The standard InChI is InChI=1S/C17H22FNOS/c1-2-19-10-16-13(11-20-12-6-3-4-7-12)17-14(18)8-5-9-15(17)21-16/h5,8-9,12,19H,2-4,6-7,10-11H2,1H3. The van der Waals surface area contributed by atoms with Gasteiger partial charge in [0.15, 0.2) is 0 Å². The Hall–Kier alpha value is -0.970. The molecule has 1 fully saturated rings. The van der Waals surface area contributed by atoms with Crippen LogP contribution in [0.1, 0.15) is 43.0 Å². The third kappa shape index (κ3) is 3.28. The number of nitrogens with one attached hydrogen (secondary N) is 1. The van der Waals surface area contributed by atoms with E-state index < -0.39 is 0 Å². The van der Waals surface area contributed by atoms with Crippen LogP contribution < -0.4 is 5.32 Å². The largest absolute Gasteiger partial charge is 0.373 e. The second-order valence-electron chi connectivity index (χ2n) is 5.61. The van der Waals surface area contributed by atoms with Crippen molar-refractivity contribution in [2.45, 2.75) is 51.9 Å². The normalized spacial score (nSPS) is 16.1. The summed E-state index contributed by atoms with van der Waals surface area (Å²) in [5, 5.41) is 4.10. The Balaban J connectivity index is 1.88. The van der Waals surface area contributed by atoms with E-state index in [1.807, 2.05) is 6.07 Å². The first-order valence-electron chi connectivity index (χ1n) is 7.80. The number of hydrogen-bond donors (Lipinski definition) is 1. The van der Waals surface area contributed by atoms with Crippen molar-refractivity contribution in [3.05, 3.63) is 34.5 Å². The monoisotopic (exact) mass is 307 g/mol. The smallest absolute Gasteiger partial charge is 0.132 e. The predicted molar refractivity (Wildman–Crippen MR) is 86.2 cm³/mol. The zero-order valence-corrected chi connectivity index (χ0v) is 13.3. The van der Waals surface area contributed by atoms with Gasteiger partial charge in [-0.2, -0.15) is 0 Å². The third-order valence-electron chi connectivity index (χ3n) is 4.15. The maximum atomic E-state index is 14.2. The number of fused-ring (bicyclic) bond motifs is 1. The lowest BCUT2D eigenvalue weighted by molar-refractivity contribution is 0.0460. The average Bonchev–Trinajstić information content (AvgIpc) is 3.10. The molecule has 3 rings (SSSR count). The first kappa shape index (κ1) is 14.9. The second-order valence-corrected chi connectivity index (χ2v) is 6.75. The molecule has 1 aromatic carbocycles. The van der Waals surface area contributed by atoms with Crippen LogP contribution in [0.3, 0.4) is 0 Å². The van der Waals surface area contributed by atoms with Crippen LogP contribution in [0.25, 0.3) is 10.1 Å². The van der Waals surface area contributed by atoms with Crippen molar-refractivity contribution >= 4 is 21.4 Å². The molecular formula is C17H22FNOS. The van der Waals surface area contributed by atoms with Gasteiger partial charge in [0, 0.05) is 27.1 Å². The third-order valence-corrected chi connectivity index (χ3v) is 5.35. The van der Waals surface area contributed by atoms with Crippen LogP contribution in [-0.2, 0) is 17.9 Å². The molecule has 1 heterocycles. The number of hydrogen-bond acceptors (Lipinski definition) is 3. The molecular weight excluding hydrogens is 285 g/mol. The maximum absolute atomic E-state index is 14.2. The molecule has 0 atom stereocenters.